The molecule has 0 saturated carbocycles. The maximum Gasteiger partial charge on any atom is 0.304 e. The third-order valence-corrected chi connectivity index (χ3v) is 7.86. The second kappa shape index (κ2) is 9.06. The molecule has 0 amide bonds. The van der Waals surface area contributed by atoms with E-state index in [0.717, 1.165) is 43.1 Å². The van der Waals surface area contributed by atoms with Gasteiger partial charge in [-0.15, -0.1) is 0 Å². The molecule has 0 aliphatic carbocycles. The Balaban J connectivity index is 1.37. The molecule has 0 radical (unpaired) electrons. The fourth-order valence-electron chi connectivity index (χ4n) is 6.01. The molecule has 3 aliphatic rings. The Morgan fingerprint density at radius 2 is 2.08 bits per heavy atom. The zero-order valence-corrected chi connectivity index (χ0v) is 21.6. The van der Waals surface area contributed by atoms with Gasteiger partial charge in [0.15, 0.2) is 17.5 Å². The summed E-state index contributed by atoms with van der Waals surface area (Å²) in [5.74, 6) is -1.30. The zero-order valence-electron chi connectivity index (χ0n) is 20.9. The van der Waals surface area contributed by atoms with Crippen molar-refractivity contribution in [1.82, 2.24) is 14.9 Å². The largest absolute Gasteiger partial charge is 0.493 e. The van der Waals surface area contributed by atoms with Crippen LogP contribution in [0.5, 0.6) is 5.75 Å². The SMILES string of the molecule is CN1Cc2cc(Nc3ncc(Cl)c(N4CC(C)(CC(=O)O)c5cc(F)c(F)cc54)n3)cc3c2C(CCO3)C1. The highest BCUT2D eigenvalue weighted by atomic mass is 35.5. The molecule has 2 unspecified atom stereocenters. The number of aromatic nitrogens is 2. The van der Waals surface area contributed by atoms with E-state index in [4.69, 9.17) is 16.3 Å². The number of carbonyl (C=O) groups is 1. The molecule has 38 heavy (non-hydrogen) atoms. The fraction of sp³-hybridized carbons (Fsp3) is 0.370. The number of hydrogen-bond acceptors (Lipinski definition) is 7. The number of fused-ring (bicyclic) bond motifs is 1. The highest BCUT2D eigenvalue weighted by molar-refractivity contribution is 6.33. The van der Waals surface area contributed by atoms with Crippen LogP contribution in [0.2, 0.25) is 5.02 Å². The van der Waals surface area contributed by atoms with Crippen molar-refractivity contribution in [1.29, 1.82) is 0 Å². The zero-order chi connectivity index (χ0) is 26.8. The van der Waals surface area contributed by atoms with Gasteiger partial charge in [-0.25, -0.2) is 13.8 Å². The Hall–Kier alpha value is -3.50. The second-order valence-corrected chi connectivity index (χ2v) is 11.0. The van der Waals surface area contributed by atoms with Gasteiger partial charge in [-0.1, -0.05) is 18.5 Å². The Morgan fingerprint density at radius 3 is 2.87 bits per heavy atom. The summed E-state index contributed by atoms with van der Waals surface area (Å²) < 4.78 is 34.5. The van der Waals surface area contributed by atoms with E-state index in [9.17, 15) is 18.7 Å². The first-order chi connectivity index (χ1) is 18.1. The lowest BCUT2D eigenvalue weighted by atomic mass is 9.81. The van der Waals surface area contributed by atoms with Crippen LogP contribution in [0.15, 0.2) is 30.5 Å². The van der Waals surface area contributed by atoms with Gasteiger partial charge in [-0.2, -0.15) is 4.98 Å². The number of nitrogens with zero attached hydrogens (tertiary/aromatic N) is 4. The summed E-state index contributed by atoms with van der Waals surface area (Å²) >= 11 is 6.49. The molecule has 0 saturated heterocycles. The maximum atomic E-state index is 14.3. The van der Waals surface area contributed by atoms with E-state index in [1.165, 1.54) is 17.3 Å². The standard InChI is InChI=1S/C27H26ClF2N5O3/c1-27(9-23(36)37)13-35(21-8-20(30)19(29)7-17(21)27)25-18(28)10-31-26(33-25)32-16-5-15-12-34(2)11-14-3-4-38-22(6-16)24(14)15/h5-8,10,14H,3-4,9,11-13H2,1-2H3,(H,36,37)(H,31,32,33). The van der Waals surface area contributed by atoms with Crippen molar-refractivity contribution in [2.45, 2.75) is 37.6 Å². The molecule has 3 aliphatic heterocycles. The summed E-state index contributed by atoms with van der Waals surface area (Å²) in [6.45, 7) is 4.30. The topological polar surface area (TPSA) is 90.8 Å². The molecule has 1 aromatic heterocycles. The van der Waals surface area contributed by atoms with Crippen molar-refractivity contribution in [2.24, 2.45) is 0 Å². The molecule has 4 heterocycles. The Kier molecular flexibility index (Phi) is 5.92. The first kappa shape index (κ1) is 24.8. The number of halogens is 3. The van der Waals surface area contributed by atoms with Crippen LogP contribution in [-0.4, -0.2) is 52.7 Å². The number of ether oxygens (including phenoxy) is 1. The molecule has 198 valence electrons. The van der Waals surface area contributed by atoms with Crippen molar-refractivity contribution in [3.63, 3.8) is 0 Å². The van der Waals surface area contributed by atoms with Gasteiger partial charge in [-0.3, -0.25) is 4.79 Å². The number of benzene rings is 2. The molecule has 2 aromatic carbocycles. The van der Waals surface area contributed by atoms with Gasteiger partial charge < -0.3 is 25.0 Å². The minimum Gasteiger partial charge on any atom is -0.493 e. The molecule has 2 atom stereocenters. The molecular formula is C27H26ClF2N5O3. The average Bonchev–Trinajstić information content (AvgIpc) is 3.10. The highest BCUT2D eigenvalue weighted by Gasteiger charge is 2.43. The van der Waals surface area contributed by atoms with Crippen LogP contribution in [0.3, 0.4) is 0 Å². The van der Waals surface area contributed by atoms with Crippen LogP contribution in [0.25, 0.3) is 0 Å². The lowest BCUT2D eigenvalue weighted by molar-refractivity contribution is -0.138. The van der Waals surface area contributed by atoms with E-state index in [0.29, 0.717) is 23.8 Å². The second-order valence-electron chi connectivity index (χ2n) is 10.6. The number of aliphatic carboxylic acids is 1. The van der Waals surface area contributed by atoms with Crippen molar-refractivity contribution < 1.29 is 23.4 Å². The molecule has 0 spiro atoms. The Bertz CT molecular complexity index is 1470. The van der Waals surface area contributed by atoms with Gasteiger partial charge in [0, 0.05) is 60.0 Å². The molecule has 11 heteroatoms. The smallest absolute Gasteiger partial charge is 0.304 e. The lowest BCUT2D eigenvalue weighted by Crippen LogP contribution is -2.33. The predicted molar refractivity (Wildman–Crippen MR) is 139 cm³/mol. The van der Waals surface area contributed by atoms with Crippen LogP contribution in [0, 0.1) is 11.6 Å². The Morgan fingerprint density at radius 1 is 1.29 bits per heavy atom. The van der Waals surface area contributed by atoms with Gasteiger partial charge in [0.1, 0.15) is 10.8 Å². The normalized spacial score (nSPS) is 22.0. The van der Waals surface area contributed by atoms with Crippen molar-refractivity contribution in [2.75, 3.05) is 37.0 Å². The van der Waals surface area contributed by atoms with E-state index < -0.39 is 23.0 Å². The average molecular weight is 542 g/mol. The molecule has 8 nitrogen and oxygen atoms in total. The maximum absolute atomic E-state index is 14.3. The van der Waals surface area contributed by atoms with E-state index in [2.05, 4.69) is 33.3 Å². The monoisotopic (exact) mass is 541 g/mol. The number of carboxylic acid groups (broad SMARTS) is 1. The number of rotatable bonds is 5. The van der Waals surface area contributed by atoms with Crippen LogP contribution < -0.4 is 15.0 Å². The molecular weight excluding hydrogens is 516 g/mol. The van der Waals surface area contributed by atoms with Crippen LogP contribution >= 0.6 is 11.6 Å². The quantitative estimate of drug-likeness (QED) is 0.447. The summed E-state index contributed by atoms with van der Waals surface area (Å²) in [5, 5.41) is 12.9. The van der Waals surface area contributed by atoms with Gasteiger partial charge in [0.25, 0.3) is 0 Å². The van der Waals surface area contributed by atoms with Gasteiger partial charge in [-0.05, 0) is 36.7 Å². The number of anilines is 4. The number of likely N-dealkylation sites (N-methyl/N-ethyl adjacent to an activating group) is 1. The Labute approximate surface area is 223 Å². The summed E-state index contributed by atoms with van der Waals surface area (Å²) in [6.07, 6.45) is 2.15. The summed E-state index contributed by atoms with van der Waals surface area (Å²) in [6, 6.07) is 6.13. The number of hydrogen-bond donors (Lipinski definition) is 2. The molecule has 0 fully saturated rings. The van der Waals surface area contributed by atoms with E-state index in [-0.39, 0.29) is 29.8 Å². The first-order valence-corrected chi connectivity index (χ1v) is 12.8. The minimum absolute atomic E-state index is 0.123. The summed E-state index contributed by atoms with van der Waals surface area (Å²) in [4.78, 5) is 24.5. The molecule has 6 rings (SSSR count). The summed E-state index contributed by atoms with van der Waals surface area (Å²) in [5.41, 5.74) is 2.92. The van der Waals surface area contributed by atoms with Crippen LogP contribution in [0.4, 0.5) is 31.9 Å². The lowest BCUT2D eigenvalue weighted by Gasteiger charge is -2.36. The molecule has 0 bridgehead atoms. The van der Waals surface area contributed by atoms with E-state index in [1.54, 1.807) is 11.8 Å². The highest BCUT2D eigenvalue weighted by Crippen LogP contribution is 2.48. The van der Waals surface area contributed by atoms with Gasteiger partial charge in [0.05, 0.1) is 19.2 Å². The molecule has 2 N–H and O–H groups in total. The van der Waals surface area contributed by atoms with Gasteiger partial charge >= 0.3 is 5.97 Å². The predicted octanol–water partition coefficient (Wildman–Crippen LogP) is 5.35. The number of carboxylic acids is 1. The van der Waals surface area contributed by atoms with Crippen molar-refractivity contribution in [3.8, 4) is 5.75 Å². The van der Waals surface area contributed by atoms with Crippen molar-refractivity contribution in [3.05, 3.63) is 63.8 Å². The van der Waals surface area contributed by atoms with E-state index in [1.807, 2.05) is 6.07 Å². The third-order valence-electron chi connectivity index (χ3n) is 7.60. The van der Waals surface area contributed by atoms with Crippen LogP contribution in [-0.2, 0) is 16.8 Å². The van der Waals surface area contributed by atoms with Crippen LogP contribution in [0.1, 0.15) is 42.4 Å². The fourth-order valence-corrected chi connectivity index (χ4v) is 6.21. The van der Waals surface area contributed by atoms with Crippen molar-refractivity contribution >= 4 is 40.7 Å². The van der Waals surface area contributed by atoms with E-state index >= 15 is 0 Å². The first-order valence-electron chi connectivity index (χ1n) is 12.4. The number of nitrogens with one attached hydrogen (secondary N) is 1. The minimum atomic E-state index is -1.05. The third kappa shape index (κ3) is 4.21. The summed E-state index contributed by atoms with van der Waals surface area (Å²) in [7, 11) is 2.10. The molecule has 3 aromatic rings. The van der Waals surface area contributed by atoms with Gasteiger partial charge in [0.2, 0.25) is 5.95 Å².